The van der Waals surface area contributed by atoms with Crippen molar-refractivity contribution >= 4 is 11.6 Å². The number of rotatable bonds is 7. The molecule has 0 radical (unpaired) electrons. The number of likely N-dealkylation sites (tertiary alicyclic amines) is 1. The molecule has 2 aromatic carbocycles. The molecule has 0 aliphatic carbocycles. The van der Waals surface area contributed by atoms with Crippen LogP contribution in [-0.2, 0) is 11.3 Å². The quantitative estimate of drug-likeness (QED) is 0.578. The van der Waals surface area contributed by atoms with E-state index in [-0.39, 0.29) is 11.8 Å². The van der Waals surface area contributed by atoms with Gasteiger partial charge in [-0.15, -0.1) is 0 Å². The Labute approximate surface area is 181 Å². The predicted molar refractivity (Wildman–Crippen MR) is 116 cm³/mol. The maximum Gasteiger partial charge on any atom is 0.258 e. The molecule has 1 aliphatic heterocycles. The molecule has 8 nitrogen and oxygen atoms in total. The Bertz CT molecular complexity index is 1080. The summed E-state index contributed by atoms with van der Waals surface area (Å²) in [6, 6.07) is 13.5. The van der Waals surface area contributed by atoms with Crippen LogP contribution in [0.1, 0.15) is 23.7 Å². The van der Waals surface area contributed by atoms with Crippen molar-refractivity contribution in [1.82, 2.24) is 15.0 Å². The molecule has 0 saturated carbocycles. The highest BCUT2D eigenvalue weighted by Gasteiger charge is 2.34. The van der Waals surface area contributed by atoms with E-state index >= 15 is 0 Å². The zero-order valence-corrected chi connectivity index (χ0v) is 18.2. The largest absolute Gasteiger partial charge is 0.497 e. The van der Waals surface area contributed by atoms with Gasteiger partial charge in [0.1, 0.15) is 11.5 Å². The third-order valence-corrected chi connectivity index (χ3v) is 5.48. The van der Waals surface area contributed by atoms with E-state index in [2.05, 4.69) is 10.1 Å². The molecule has 8 heteroatoms. The van der Waals surface area contributed by atoms with Gasteiger partial charge in [0, 0.05) is 56.3 Å². The zero-order valence-electron chi connectivity index (χ0n) is 18.2. The number of methoxy groups -OCH3 is 2. The molecule has 0 N–H and O–H groups in total. The maximum absolute atomic E-state index is 12.7. The first-order valence-electron chi connectivity index (χ1n) is 10.1. The Morgan fingerprint density at radius 1 is 1.16 bits per heavy atom. The molecule has 4 rings (SSSR count). The molecule has 1 fully saturated rings. The highest BCUT2D eigenvalue weighted by Crippen LogP contribution is 2.32. The van der Waals surface area contributed by atoms with E-state index in [1.165, 1.54) is 0 Å². The van der Waals surface area contributed by atoms with Crippen molar-refractivity contribution in [3.63, 3.8) is 0 Å². The van der Waals surface area contributed by atoms with Crippen LogP contribution in [0, 0.1) is 0 Å². The molecule has 1 aliphatic rings. The molecule has 3 aromatic rings. The van der Waals surface area contributed by atoms with E-state index in [0.717, 1.165) is 28.3 Å². The lowest BCUT2D eigenvalue weighted by atomic mass is 10.1. The van der Waals surface area contributed by atoms with Crippen molar-refractivity contribution in [1.29, 1.82) is 0 Å². The summed E-state index contributed by atoms with van der Waals surface area (Å²) in [7, 11) is 7.19. The number of anilines is 1. The fourth-order valence-corrected chi connectivity index (χ4v) is 3.74. The summed E-state index contributed by atoms with van der Waals surface area (Å²) in [5, 5.41) is 4.16. The maximum atomic E-state index is 12.7. The number of hydrogen-bond donors (Lipinski definition) is 0. The Kier molecular flexibility index (Phi) is 5.79. The van der Waals surface area contributed by atoms with Crippen LogP contribution in [0.3, 0.4) is 0 Å². The van der Waals surface area contributed by atoms with E-state index in [4.69, 9.17) is 14.0 Å². The molecular formula is C23H26N4O4. The first-order valence-corrected chi connectivity index (χ1v) is 10.1. The number of amides is 1. The molecule has 0 spiro atoms. The van der Waals surface area contributed by atoms with Gasteiger partial charge in [-0.05, 0) is 36.4 Å². The van der Waals surface area contributed by atoms with Gasteiger partial charge in [-0.1, -0.05) is 11.2 Å². The lowest BCUT2D eigenvalue weighted by Crippen LogP contribution is -2.24. The van der Waals surface area contributed by atoms with E-state index in [1.807, 2.05) is 61.5 Å². The van der Waals surface area contributed by atoms with Crippen molar-refractivity contribution < 1.29 is 18.8 Å². The molecule has 1 unspecified atom stereocenters. The summed E-state index contributed by atoms with van der Waals surface area (Å²) in [4.78, 5) is 21.1. The van der Waals surface area contributed by atoms with Crippen LogP contribution in [0.5, 0.6) is 11.5 Å². The molecular weight excluding hydrogens is 396 g/mol. The van der Waals surface area contributed by atoms with Crippen LogP contribution < -0.4 is 14.4 Å². The number of hydrogen-bond acceptors (Lipinski definition) is 7. The molecule has 0 bridgehead atoms. The van der Waals surface area contributed by atoms with Crippen LogP contribution in [0.4, 0.5) is 5.69 Å². The second kappa shape index (κ2) is 8.67. The summed E-state index contributed by atoms with van der Waals surface area (Å²) in [5.41, 5.74) is 2.80. The van der Waals surface area contributed by atoms with Crippen molar-refractivity contribution in [2.24, 2.45) is 0 Å². The summed E-state index contributed by atoms with van der Waals surface area (Å²) >= 11 is 0. The Morgan fingerprint density at radius 3 is 2.74 bits per heavy atom. The smallest absolute Gasteiger partial charge is 0.258 e. The van der Waals surface area contributed by atoms with Gasteiger partial charge in [-0.3, -0.25) is 4.79 Å². The number of benzene rings is 2. The van der Waals surface area contributed by atoms with Crippen molar-refractivity contribution in [2.75, 3.05) is 39.8 Å². The van der Waals surface area contributed by atoms with Crippen LogP contribution in [0.15, 0.2) is 47.0 Å². The highest BCUT2D eigenvalue weighted by molar-refractivity contribution is 5.79. The lowest BCUT2D eigenvalue weighted by molar-refractivity contribution is -0.128. The van der Waals surface area contributed by atoms with Gasteiger partial charge in [-0.2, -0.15) is 4.98 Å². The Balaban J connectivity index is 1.50. The number of carbonyl (C=O) groups is 1. The molecule has 31 heavy (non-hydrogen) atoms. The van der Waals surface area contributed by atoms with E-state index in [9.17, 15) is 4.79 Å². The Morgan fingerprint density at radius 2 is 2.00 bits per heavy atom. The van der Waals surface area contributed by atoms with Gasteiger partial charge in [0.25, 0.3) is 5.89 Å². The SMILES string of the molecule is COc1ccc(OC)c(CN2CC(c3noc(-c4cccc(N(C)C)c4)n3)CC2=O)c1. The zero-order chi connectivity index (χ0) is 22.0. The molecule has 2 heterocycles. The minimum Gasteiger partial charge on any atom is -0.497 e. The van der Waals surface area contributed by atoms with Crippen LogP contribution in [0.2, 0.25) is 0 Å². The number of ether oxygens (including phenoxy) is 2. The normalized spacial score (nSPS) is 15.9. The first kappa shape index (κ1) is 20.7. The fourth-order valence-electron chi connectivity index (χ4n) is 3.74. The number of nitrogens with zero attached hydrogens (tertiary/aromatic N) is 4. The third-order valence-electron chi connectivity index (χ3n) is 5.48. The van der Waals surface area contributed by atoms with E-state index in [1.54, 1.807) is 19.1 Å². The van der Waals surface area contributed by atoms with Crippen LogP contribution in [0.25, 0.3) is 11.5 Å². The average molecular weight is 422 g/mol. The van der Waals surface area contributed by atoms with Crippen LogP contribution >= 0.6 is 0 Å². The first-order chi connectivity index (χ1) is 15.0. The van der Waals surface area contributed by atoms with Gasteiger partial charge in [-0.25, -0.2) is 0 Å². The fraction of sp³-hybridized carbons (Fsp3) is 0.348. The van der Waals surface area contributed by atoms with Gasteiger partial charge in [0.05, 0.1) is 14.2 Å². The molecule has 1 aromatic heterocycles. The highest BCUT2D eigenvalue weighted by atomic mass is 16.5. The summed E-state index contributed by atoms with van der Waals surface area (Å²) in [5.74, 6) is 2.40. The standard InChI is InChI=1S/C23H26N4O4/c1-26(2)18-7-5-6-15(10-18)23-24-22(25-31-23)17-12-21(28)27(14-17)13-16-11-19(29-3)8-9-20(16)30-4/h5-11,17H,12-14H2,1-4H3. The van der Waals surface area contributed by atoms with E-state index in [0.29, 0.717) is 31.2 Å². The Hall–Kier alpha value is -3.55. The number of carbonyl (C=O) groups excluding carboxylic acids is 1. The van der Waals surface area contributed by atoms with Gasteiger partial charge in [0.15, 0.2) is 5.82 Å². The van der Waals surface area contributed by atoms with Crippen LogP contribution in [-0.4, -0.2) is 55.8 Å². The predicted octanol–water partition coefficient (Wildman–Crippen LogP) is 3.34. The molecule has 1 amide bonds. The number of aromatic nitrogens is 2. The van der Waals surface area contributed by atoms with Gasteiger partial charge >= 0.3 is 0 Å². The van der Waals surface area contributed by atoms with Crippen molar-refractivity contribution in [3.05, 3.63) is 53.9 Å². The van der Waals surface area contributed by atoms with Gasteiger partial charge in [0.2, 0.25) is 5.91 Å². The minimum atomic E-state index is -0.112. The summed E-state index contributed by atoms with van der Waals surface area (Å²) < 4.78 is 16.3. The second-order valence-electron chi connectivity index (χ2n) is 7.76. The van der Waals surface area contributed by atoms with E-state index < -0.39 is 0 Å². The monoisotopic (exact) mass is 422 g/mol. The summed E-state index contributed by atoms with van der Waals surface area (Å²) in [6.07, 6.45) is 0.350. The minimum absolute atomic E-state index is 0.0517. The average Bonchev–Trinajstić information content (AvgIpc) is 3.41. The van der Waals surface area contributed by atoms with Gasteiger partial charge < -0.3 is 23.8 Å². The molecule has 1 saturated heterocycles. The topological polar surface area (TPSA) is 80.9 Å². The second-order valence-corrected chi connectivity index (χ2v) is 7.76. The molecule has 1 atom stereocenters. The lowest BCUT2D eigenvalue weighted by Gasteiger charge is -2.18. The molecule has 162 valence electrons. The van der Waals surface area contributed by atoms with Crippen molar-refractivity contribution in [2.45, 2.75) is 18.9 Å². The third kappa shape index (κ3) is 4.33. The summed E-state index contributed by atoms with van der Waals surface area (Å²) in [6.45, 7) is 0.960. The van der Waals surface area contributed by atoms with Crippen molar-refractivity contribution in [3.8, 4) is 23.0 Å².